The number of carboxylic acid groups (broad SMARTS) is 1. The molecule has 0 radical (unpaired) electrons. The van der Waals surface area contributed by atoms with Gasteiger partial charge in [0, 0.05) is 41.5 Å². The van der Waals surface area contributed by atoms with Crippen LogP contribution in [0.15, 0.2) is 114 Å². The van der Waals surface area contributed by atoms with E-state index >= 15 is 0 Å². The van der Waals surface area contributed by atoms with Gasteiger partial charge in [0.2, 0.25) is 17.7 Å². The van der Waals surface area contributed by atoms with Gasteiger partial charge in [0.15, 0.2) is 0 Å². The molecule has 59 heavy (non-hydrogen) atoms. The van der Waals surface area contributed by atoms with Crippen LogP contribution in [0.3, 0.4) is 0 Å². The zero-order valence-electron chi connectivity index (χ0n) is 33.7. The molecule has 4 atom stereocenters. The second-order valence-electron chi connectivity index (χ2n) is 15.7. The Morgan fingerprint density at radius 3 is 1.71 bits per heavy atom. The number of likely N-dealkylation sites (tertiary alicyclic amines) is 2. The van der Waals surface area contributed by atoms with E-state index in [-0.39, 0.29) is 17.7 Å². The van der Waals surface area contributed by atoms with E-state index in [4.69, 9.17) is 4.42 Å². The Bertz CT molecular complexity index is 2310. The second kappa shape index (κ2) is 17.6. The number of furan rings is 1. The molecule has 0 unspecified atom stereocenters. The summed E-state index contributed by atoms with van der Waals surface area (Å²) in [6, 6.07) is 29.5. The number of benzene rings is 4. The normalized spacial score (nSPS) is 17.6. The van der Waals surface area contributed by atoms with Gasteiger partial charge in [-0.3, -0.25) is 29.0 Å². The van der Waals surface area contributed by atoms with Gasteiger partial charge in [-0.25, -0.2) is 4.79 Å². The lowest BCUT2D eigenvalue weighted by Gasteiger charge is -2.36. The highest BCUT2D eigenvalue weighted by atomic mass is 16.4. The number of fused-ring (bicyclic) bond motifs is 1. The van der Waals surface area contributed by atoms with Crippen molar-refractivity contribution >= 4 is 52.1 Å². The molecule has 5 aromatic rings. The minimum absolute atomic E-state index is 0.0990. The fraction of sp³-hybridized carbons (Fsp3) is 0.326. The van der Waals surface area contributed by atoms with Gasteiger partial charge in [-0.1, -0.05) is 60.7 Å². The lowest BCUT2D eigenvalue weighted by Crippen LogP contribution is -2.51. The third-order valence-corrected chi connectivity index (χ3v) is 11.2. The number of likely N-dealkylation sites (N-methyl/N-ethyl adjacent to an activating group) is 1. The Labute approximate surface area is 343 Å². The number of carbonyl (C=O) groups excluding carboxylic acids is 4. The van der Waals surface area contributed by atoms with Gasteiger partial charge in [0.05, 0.1) is 0 Å². The maximum Gasteiger partial charge on any atom is 0.408 e. The fourth-order valence-electron chi connectivity index (χ4n) is 8.34. The van der Waals surface area contributed by atoms with Crippen molar-refractivity contribution in [3.8, 4) is 11.3 Å². The maximum atomic E-state index is 14.1. The molecule has 0 aliphatic carbocycles. The van der Waals surface area contributed by atoms with E-state index in [1.165, 1.54) is 4.90 Å². The minimum Gasteiger partial charge on any atom is -0.465 e. The largest absolute Gasteiger partial charge is 0.465 e. The third-order valence-electron chi connectivity index (χ3n) is 11.2. The smallest absolute Gasteiger partial charge is 0.408 e. The Morgan fingerprint density at radius 2 is 1.19 bits per heavy atom. The van der Waals surface area contributed by atoms with Crippen LogP contribution in [0.4, 0.5) is 16.2 Å². The quantitative estimate of drug-likeness (QED) is 0.118. The van der Waals surface area contributed by atoms with Gasteiger partial charge >= 0.3 is 6.09 Å². The number of hydrogen-bond donors (Lipinski definition) is 3. The predicted octanol–water partition coefficient (Wildman–Crippen LogP) is 7.39. The van der Waals surface area contributed by atoms with Crippen LogP contribution in [0.1, 0.15) is 62.7 Å². The van der Waals surface area contributed by atoms with Crippen molar-refractivity contribution in [1.82, 2.24) is 19.6 Å². The Balaban J connectivity index is 1.00. The summed E-state index contributed by atoms with van der Waals surface area (Å²) < 4.78 is 6.16. The first kappa shape index (κ1) is 40.7. The van der Waals surface area contributed by atoms with E-state index < -0.39 is 42.2 Å². The molecule has 0 spiro atoms. The lowest BCUT2D eigenvalue weighted by atomic mass is 10.0. The van der Waals surface area contributed by atoms with Crippen LogP contribution in [0.25, 0.3) is 22.3 Å². The van der Waals surface area contributed by atoms with Crippen molar-refractivity contribution in [1.29, 1.82) is 0 Å². The van der Waals surface area contributed by atoms with Crippen LogP contribution < -0.4 is 10.6 Å². The van der Waals surface area contributed by atoms with Crippen LogP contribution >= 0.6 is 0 Å². The molecule has 0 bridgehead atoms. The molecule has 3 heterocycles. The highest BCUT2D eigenvalue weighted by Gasteiger charge is 2.42. The number of nitrogens with one attached hydrogen (secondary N) is 2. The van der Waals surface area contributed by atoms with E-state index in [1.54, 1.807) is 73.3 Å². The Kier molecular flexibility index (Phi) is 12.1. The molecule has 13 heteroatoms. The van der Waals surface area contributed by atoms with Crippen LogP contribution in [-0.2, 0) is 19.2 Å². The van der Waals surface area contributed by atoms with Gasteiger partial charge in [-0.15, -0.1) is 0 Å². The Morgan fingerprint density at radius 1 is 0.678 bits per heavy atom. The van der Waals surface area contributed by atoms with Gasteiger partial charge < -0.3 is 30.0 Å². The topological polar surface area (TPSA) is 156 Å². The van der Waals surface area contributed by atoms with Crippen molar-refractivity contribution in [3.63, 3.8) is 0 Å². The number of rotatable bonds is 12. The molecule has 1 aromatic heterocycles. The lowest BCUT2D eigenvalue weighted by molar-refractivity contribution is -0.141. The van der Waals surface area contributed by atoms with Gasteiger partial charge in [-0.05, 0) is 113 Å². The molecule has 4 aromatic carbocycles. The van der Waals surface area contributed by atoms with Gasteiger partial charge in [0.1, 0.15) is 35.5 Å². The summed E-state index contributed by atoms with van der Waals surface area (Å²) in [5.41, 5.74) is 3.95. The number of nitrogens with zero attached hydrogens (tertiary/aromatic N) is 4. The molecule has 2 saturated heterocycles. The zero-order chi connectivity index (χ0) is 41.8. The highest BCUT2D eigenvalue weighted by Crippen LogP contribution is 2.33. The summed E-state index contributed by atoms with van der Waals surface area (Å²) in [5, 5.41) is 16.8. The van der Waals surface area contributed by atoms with E-state index in [9.17, 15) is 29.1 Å². The number of hydrogen-bond acceptors (Lipinski definition) is 7. The predicted molar refractivity (Wildman–Crippen MR) is 225 cm³/mol. The summed E-state index contributed by atoms with van der Waals surface area (Å²) in [6.07, 6.45) is 1.18. The zero-order valence-corrected chi connectivity index (χ0v) is 33.7. The molecule has 2 fully saturated rings. The second-order valence-corrected chi connectivity index (χ2v) is 15.7. The maximum absolute atomic E-state index is 14.1. The van der Waals surface area contributed by atoms with Crippen molar-refractivity contribution in [2.24, 2.45) is 0 Å². The molecule has 5 amide bonds. The molecule has 2 aliphatic rings. The summed E-state index contributed by atoms with van der Waals surface area (Å²) in [7, 11) is 3.74. The molecule has 306 valence electrons. The van der Waals surface area contributed by atoms with Crippen LogP contribution in [0.2, 0.25) is 0 Å². The molecule has 7 rings (SSSR count). The number of anilines is 2. The van der Waals surface area contributed by atoms with Crippen LogP contribution in [0, 0.1) is 0 Å². The van der Waals surface area contributed by atoms with Crippen LogP contribution in [-0.4, -0.2) is 99.7 Å². The molecular formula is C46H50N6O7. The molecule has 0 saturated carbocycles. The average Bonchev–Trinajstić information content (AvgIpc) is 4.01. The monoisotopic (exact) mass is 798 g/mol. The van der Waals surface area contributed by atoms with Crippen molar-refractivity contribution in [3.05, 3.63) is 120 Å². The van der Waals surface area contributed by atoms with Crippen molar-refractivity contribution in [2.75, 3.05) is 37.8 Å². The first-order chi connectivity index (χ1) is 28.4. The molecule has 3 N–H and O–H groups in total. The van der Waals surface area contributed by atoms with Crippen molar-refractivity contribution in [2.45, 2.75) is 69.7 Å². The third kappa shape index (κ3) is 8.70. The summed E-state index contributed by atoms with van der Waals surface area (Å²) in [6.45, 7) is 4.30. The van der Waals surface area contributed by atoms with Crippen molar-refractivity contribution < 1.29 is 33.5 Å². The first-order valence-electron chi connectivity index (χ1n) is 20.1. The average molecular weight is 799 g/mol. The SMILES string of the molecule is CC(C)N(C(=O)O)[C@@H](C(=O)N1CCC[C@H]1C(=O)Nc1ccc(-c2cc3cc(NC(=O)[C@@H]4CCCN4C(=O)[C@@H](c4ccccc4)N(C)C)ccc3o2)cc1)c1ccccc1. The van der Waals surface area contributed by atoms with E-state index in [2.05, 4.69) is 10.6 Å². The van der Waals surface area contributed by atoms with Crippen LogP contribution in [0.5, 0.6) is 0 Å². The van der Waals surface area contributed by atoms with E-state index in [1.807, 2.05) is 73.6 Å². The summed E-state index contributed by atoms with van der Waals surface area (Å²) in [4.78, 5) is 73.7. The van der Waals surface area contributed by atoms with E-state index in [0.29, 0.717) is 60.6 Å². The molecule has 13 nitrogen and oxygen atoms in total. The summed E-state index contributed by atoms with van der Waals surface area (Å²) in [5.74, 6) is -0.518. The van der Waals surface area contributed by atoms with E-state index in [0.717, 1.165) is 27.8 Å². The number of amides is 5. The standard InChI is InChI=1S/C46H50N6O7/c1-29(2)52(46(57)58)41(32-15-9-6-10-16-32)45(56)51-26-12-17-36(51)42(53)47-34-21-19-30(20-22-34)39-28-33-27-35(23-24-38(33)59-39)48-43(54)37-18-11-25-50(37)44(55)40(49(3)4)31-13-7-5-8-14-31/h5-10,13-16,19-24,27-29,36-37,40-41H,11-12,17-18,25-26H2,1-4H3,(H,47,53)(H,48,54)(H,57,58)/t36-,37-,40+,41+/m0/s1. The van der Waals surface area contributed by atoms with Gasteiger partial charge in [0.25, 0.3) is 5.91 Å². The van der Waals surface area contributed by atoms with Gasteiger partial charge in [-0.2, -0.15) is 0 Å². The fourth-order valence-corrected chi connectivity index (χ4v) is 8.34. The first-order valence-corrected chi connectivity index (χ1v) is 20.1. The minimum atomic E-state index is -1.21. The number of carbonyl (C=O) groups is 5. The molecule has 2 aliphatic heterocycles. The summed E-state index contributed by atoms with van der Waals surface area (Å²) >= 11 is 0. The molecular weight excluding hydrogens is 749 g/mol. The Hall–Kier alpha value is -6.47. The highest BCUT2D eigenvalue weighted by molar-refractivity contribution is 6.01.